The summed E-state index contributed by atoms with van der Waals surface area (Å²) in [6, 6.07) is 17.7. The Labute approximate surface area is 260 Å². The molecule has 1 aliphatic heterocycles. The largest absolute Gasteiger partial charge is 0.457 e. The quantitative estimate of drug-likeness (QED) is 0.241. The molecule has 0 fully saturated rings. The third-order valence-corrected chi connectivity index (χ3v) is 8.13. The van der Waals surface area contributed by atoms with Gasteiger partial charge in [0.2, 0.25) is 0 Å². The number of anilines is 2. The van der Waals surface area contributed by atoms with Gasteiger partial charge < -0.3 is 34.5 Å². The summed E-state index contributed by atoms with van der Waals surface area (Å²) < 4.78 is 22.1. The van der Waals surface area contributed by atoms with Gasteiger partial charge >= 0.3 is 0 Å². The summed E-state index contributed by atoms with van der Waals surface area (Å²) >= 11 is 0. The van der Waals surface area contributed by atoms with E-state index in [-0.39, 0.29) is 11.5 Å². The number of likely N-dealkylation sites (N-methyl/N-ethyl adjacent to an activating group) is 1. The first-order valence-corrected chi connectivity index (χ1v) is 15.7. The molecular formula is C36H55N3O4. The van der Waals surface area contributed by atoms with E-state index < -0.39 is 0 Å². The lowest BCUT2D eigenvalue weighted by Crippen LogP contribution is -2.40. The average Bonchev–Trinajstić information content (AvgIpc) is 3.01. The fourth-order valence-electron chi connectivity index (χ4n) is 5.09. The maximum absolute atomic E-state index is 6.25. The van der Waals surface area contributed by atoms with Gasteiger partial charge in [-0.1, -0.05) is 32.9 Å². The second kappa shape index (κ2) is 17.6. The van der Waals surface area contributed by atoms with E-state index in [1.165, 1.54) is 11.1 Å². The van der Waals surface area contributed by atoms with Gasteiger partial charge in [-0.15, -0.1) is 0 Å². The SMILES string of the molecule is CCOCCN(C)C(C)CCOC.COC1C=C2C(Oc3ccc(Nc4ccc(C(C)(C)C)cc4)cc3)=CCNC2CC1. The molecule has 0 amide bonds. The lowest BCUT2D eigenvalue weighted by atomic mass is 9.87. The summed E-state index contributed by atoms with van der Waals surface area (Å²) in [5, 5.41) is 7.00. The molecule has 3 unspecified atom stereocenters. The van der Waals surface area contributed by atoms with E-state index in [1.54, 1.807) is 14.2 Å². The summed E-state index contributed by atoms with van der Waals surface area (Å²) in [5.74, 6) is 1.79. The molecule has 4 rings (SSSR count). The topological polar surface area (TPSA) is 64.2 Å². The maximum atomic E-state index is 6.25. The molecule has 7 heteroatoms. The Balaban J connectivity index is 0.000000331. The van der Waals surface area contributed by atoms with Crippen molar-refractivity contribution in [3.63, 3.8) is 0 Å². The van der Waals surface area contributed by atoms with Crippen molar-refractivity contribution in [2.45, 2.75) is 77.5 Å². The van der Waals surface area contributed by atoms with Crippen LogP contribution in [-0.4, -0.2) is 77.3 Å². The molecule has 0 aromatic heterocycles. The van der Waals surface area contributed by atoms with Crippen LogP contribution in [0.2, 0.25) is 0 Å². The summed E-state index contributed by atoms with van der Waals surface area (Å²) in [6.45, 7) is 15.2. The van der Waals surface area contributed by atoms with Crippen LogP contribution < -0.4 is 15.4 Å². The minimum absolute atomic E-state index is 0.164. The van der Waals surface area contributed by atoms with E-state index in [4.69, 9.17) is 18.9 Å². The van der Waals surface area contributed by atoms with Crippen molar-refractivity contribution in [2.75, 3.05) is 59.5 Å². The molecule has 1 heterocycles. The van der Waals surface area contributed by atoms with Gasteiger partial charge in [0.25, 0.3) is 0 Å². The van der Waals surface area contributed by atoms with Crippen LogP contribution in [-0.2, 0) is 19.6 Å². The van der Waals surface area contributed by atoms with Gasteiger partial charge in [0.05, 0.1) is 12.7 Å². The van der Waals surface area contributed by atoms with Crippen LogP contribution in [0.3, 0.4) is 0 Å². The van der Waals surface area contributed by atoms with Gasteiger partial charge in [0, 0.05) is 69.6 Å². The van der Waals surface area contributed by atoms with E-state index in [0.29, 0.717) is 12.1 Å². The van der Waals surface area contributed by atoms with Gasteiger partial charge in [-0.05, 0) is 99.7 Å². The number of nitrogens with one attached hydrogen (secondary N) is 2. The highest BCUT2D eigenvalue weighted by Gasteiger charge is 2.28. The monoisotopic (exact) mass is 593 g/mol. The zero-order valence-electron chi connectivity index (χ0n) is 27.7. The molecule has 3 atom stereocenters. The molecule has 2 aromatic carbocycles. The number of hydrogen-bond acceptors (Lipinski definition) is 7. The smallest absolute Gasteiger partial charge is 0.129 e. The molecule has 0 radical (unpaired) electrons. The third-order valence-electron chi connectivity index (χ3n) is 8.13. The van der Waals surface area contributed by atoms with Crippen molar-refractivity contribution < 1.29 is 18.9 Å². The lowest BCUT2D eigenvalue weighted by Gasteiger charge is -2.32. The predicted molar refractivity (Wildman–Crippen MR) is 179 cm³/mol. The molecule has 0 saturated carbocycles. The predicted octanol–water partition coefficient (Wildman–Crippen LogP) is 7.08. The Kier molecular flexibility index (Phi) is 14.2. The normalized spacial score (nSPS) is 19.0. The fraction of sp³-hybridized carbons (Fsp3) is 0.556. The highest BCUT2D eigenvalue weighted by atomic mass is 16.5. The van der Waals surface area contributed by atoms with E-state index >= 15 is 0 Å². The van der Waals surface area contributed by atoms with Gasteiger partial charge in [0.15, 0.2) is 0 Å². The molecular weight excluding hydrogens is 538 g/mol. The Morgan fingerprint density at radius 2 is 1.65 bits per heavy atom. The molecule has 2 N–H and O–H groups in total. The molecule has 238 valence electrons. The van der Waals surface area contributed by atoms with Crippen LogP contribution in [0.25, 0.3) is 0 Å². The average molecular weight is 594 g/mol. The highest BCUT2D eigenvalue weighted by Crippen LogP contribution is 2.31. The number of ether oxygens (including phenoxy) is 4. The second-order valence-corrected chi connectivity index (χ2v) is 12.4. The van der Waals surface area contributed by atoms with Crippen molar-refractivity contribution >= 4 is 11.4 Å². The first kappa shape index (κ1) is 34.8. The highest BCUT2D eigenvalue weighted by molar-refractivity contribution is 5.61. The second-order valence-electron chi connectivity index (χ2n) is 12.4. The number of nitrogens with zero attached hydrogens (tertiary/aromatic N) is 1. The van der Waals surface area contributed by atoms with Crippen molar-refractivity contribution in [3.8, 4) is 5.75 Å². The molecule has 0 bridgehead atoms. The zero-order valence-corrected chi connectivity index (χ0v) is 27.7. The number of fused-ring (bicyclic) bond motifs is 1. The van der Waals surface area contributed by atoms with E-state index in [9.17, 15) is 0 Å². The number of benzene rings is 2. The van der Waals surface area contributed by atoms with Crippen LogP contribution in [0.1, 0.15) is 59.4 Å². The van der Waals surface area contributed by atoms with Crippen LogP contribution in [0.5, 0.6) is 5.75 Å². The summed E-state index contributed by atoms with van der Waals surface area (Å²) in [4.78, 5) is 2.30. The Hall–Kier alpha value is -2.68. The van der Waals surface area contributed by atoms with Crippen LogP contribution >= 0.6 is 0 Å². The van der Waals surface area contributed by atoms with Crippen molar-refractivity contribution in [1.82, 2.24) is 10.2 Å². The summed E-state index contributed by atoms with van der Waals surface area (Å²) in [6.07, 6.45) is 7.68. The van der Waals surface area contributed by atoms with E-state index in [2.05, 4.69) is 98.8 Å². The minimum atomic E-state index is 0.164. The first-order valence-electron chi connectivity index (χ1n) is 15.7. The van der Waals surface area contributed by atoms with Gasteiger partial charge in [-0.25, -0.2) is 0 Å². The Morgan fingerprint density at radius 3 is 2.26 bits per heavy atom. The lowest BCUT2D eigenvalue weighted by molar-refractivity contribution is 0.0982. The molecule has 0 spiro atoms. The fourth-order valence-corrected chi connectivity index (χ4v) is 5.09. The number of methoxy groups -OCH3 is 2. The molecule has 43 heavy (non-hydrogen) atoms. The van der Waals surface area contributed by atoms with Crippen molar-refractivity contribution in [2.24, 2.45) is 0 Å². The third kappa shape index (κ3) is 11.4. The summed E-state index contributed by atoms with van der Waals surface area (Å²) in [5.41, 5.74) is 4.83. The summed E-state index contributed by atoms with van der Waals surface area (Å²) in [7, 11) is 5.64. The number of hydrogen-bond donors (Lipinski definition) is 2. The van der Waals surface area contributed by atoms with Crippen LogP contribution in [0.4, 0.5) is 11.4 Å². The van der Waals surface area contributed by atoms with Crippen molar-refractivity contribution in [1.29, 1.82) is 0 Å². The van der Waals surface area contributed by atoms with Gasteiger partial charge in [-0.2, -0.15) is 0 Å². The van der Waals surface area contributed by atoms with Gasteiger partial charge in [-0.3, -0.25) is 0 Å². The standard InChI is InChI=1S/C26H32N2O2.C10H23NO2/c1-26(2,3)18-5-7-19(8-6-18)28-20-9-11-21(12-10-20)30-25-15-16-27-24-14-13-22(29-4)17-23(24)25;1-5-13-9-7-11(3)10(2)6-8-12-4/h5-12,15,17,22,24,27-28H,13-14,16H2,1-4H3;10H,5-9H2,1-4H3. The van der Waals surface area contributed by atoms with Crippen LogP contribution in [0.15, 0.2) is 72.0 Å². The molecule has 0 saturated heterocycles. The molecule has 1 aliphatic carbocycles. The maximum Gasteiger partial charge on any atom is 0.129 e. The Morgan fingerprint density at radius 1 is 0.977 bits per heavy atom. The van der Waals surface area contributed by atoms with Crippen LogP contribution in [0, 0.1) is 0 Å². The van der Waals surface area contributed by atoms with E-state index in [0.717, 1.165) is 75.1 Å². The van der Waals surface area contributed by atoms with Gasteiger partial charge in [0.1, 0.15) is 11.5 Å². The van der Waals surface area contributed by atoms with Crippen molar-refractivity contribution in [3.05, 3.63) is 77.6 Å². The number of rotatable bonds is 13. The van der Waals surface area contributed by atoms with E-state index in [1.807, 2.05) is 19.1 Å². The zero-order chi connectivity index (χ0) is 31.2. The molecule has 7 nitrogen and oxygen atoms in total. The molecule has 2 aromatic rings. The minimum Gasteiger partial charge on any atom is -0.457 e. The Bertz CT molecular complexity index is 1140. The molecule has 2 aliphatic rings. The first-order chi connectivity index (χ1) is 20.6.